The van der Waals surface area contributed by atoms with E-state index in [1.807, 2.05) is 24.1 Å². The van der Waals surface area contributed by atoms with E-state index in [1.54, 1.807) is 22.8 Å². The molecule has 17 heteroatoms. The fourth-order valence-corrected chi connectivity index (χ4v) is 6.77. The van der Waals surface area contributed by atoms with Gasteiger partial charge in [0.15, 0.2) is 0 Å². The van der Waals surface area contributed by atoms with Crippen molar-refractivity contribution in [2.75, 3.05) is 56.8 Å². The van der Waals surface area contributed by atoms with Crippen LogP contribution >= 0.6 is 0 Å². The second-order valence-corrected chi connectivity index (χ2v) is 13.8. The molecule has 2 aliphatic heterocycles. The van der Waals surface area contributed by atoms with Crippen molar-refractivity contribution in [3.05, 3.63) is 125 Å². The molecule has 1 saturated heterocycles. The fourth-order valence-electron chi connectivity index (χ4n) is 6.77. The molecule has 1 fully saturated rings. The van der Waals surface area contributed by atoms with Crippen LogP contribution < -0.4 is 20.3 Å². The number of anilines is 2. The Bertz CT molecular complexity index is 2450. The number of fused-ring (bicyclic) bond motifs is 2. The predicted molar refractivity (Wildman–Crippen MR) is 208 cm³/mol. The first-order chi connectivity index (χ1) is 28.3. The van der Waals surface area contributed by atoms with E-state index < -0.39 is 47.2 Å². The molecular weight excluding hydrogens is 776 g/mol. The van der Waals surface area contributed by atoms with Gasteiger partial charge in [0, 0.05) is 36.6 Å². The van der Waals surface area contributed by atoms with E-state index in [-0.39, 0.29) is 48.0 Å². The molecule has 5 aromatic rings. The Morgan fingerprint density at radius 3 is 2.44 bits per heavy atom. The molecule has 4 amide bonds. The number of carbonyl (C=O) groups excluding carboxylic acids is 4. The number of hydrogen-bond donors (Lipinski definition) is 2. The molecule has 4 aromatic carbocycles. The van der Waals surface area contributed by atoms with Gasteiger partial charge in [0.25, 0.3) is 17.7 Å². The zero-order valence-corrected chi connectivity index (χ0v) is 31.7. The van der Waals surface area contributed by atoms with E-state index in [1.165, 1.54) is 36.4 Å². The lowest BCUT2D eigenvalue weighted by molar-refractivity contribution is -0.137. The minimum absolute atomic E-state index is 0.00861. The summed E-state index contributed by atoms with van der Waals surface area (Å²) in [6, 6.07) is 18.9. The SMILES string of the molecule is C=C1CCC(N2C(=O)c3ccc(OCCOCCOCCN(C)c4cccc(-n5c(NC(=O)c6cccc(C(F)(F)F)c6)nc6cc(F)ccc65)c4)cc3C2=O)C(=O)N1. The van der Waals surface area contributed by atoms with Gasteiger partial charge in [-0.2, -0.15) is 13.2 Å². The number of carbonyl (C=O) groups is 4. The number of imide groups is 1. The van der Waals surface area contributed by atoms with Crippen LogP contribution in [0.4, 0.5) is 29.2 Å². The van der Waals surface area contributed by atoms with Gasteiger partial charge in [-0.25, -0.2) is 9.37 Å². The maximum atomic E-state index is 14.2. The molecule has 0 bridgehead atoms. The van der Waals surface area contributed by atoms with E-state index in [4.69, 9.17) is 14.2 Å². The first-order valence-corrected chi connectivity index (χ1v) is 18.6. The largest absolute Gasteiger partial charge is 0.491 e. The van der Waals surface area contributed by atoms with Crippen molar-refractivity contribution in [2.24, 2.45) is 0 Å². The summed E-state index contributed by atoms with van der Waals surface area (Å²) in [6.45, 7) is 5.56. The second kappa shape index (κ2) is 17.1. The van der Waals surface area contributed by atoms with Crippen LogP contribution in [0.1, 0.15) is 49.5 Å². The predicted octanol–water partition coefficient (Wildman–Crippen LogP) is 6.37. The van der Waals surface area contributed by atoms with Crippen LogP contribution in [0.5, 0.6) is 5.75 Å². The number of hydrogen-bond acceptors (Lipinski definition) is 9. The van der Waals surface area contributed by atoms with Crippen LogP contribution in [0.25, 0.3) is 16.7 Å². The molecule has 0 saturated carbocycles. The molecule has 3 heterocycles. The van der Waals surface area contributed by atoms with Crippen LogP contribution in [0.3, 0.4) is 0 Å². The molecule has 2 N–H and O–H groups in total. The van der Waals surface area contributed by atoms with Crippen molar-refractivity contribution in [1.82, 2.24) is 19.8 Å². The number of halogens is 4. The summed E-state index contributed by atoms with van der Waals surface area (Å²) < 4.78 is 72.8. The second-order valence-electron chi connectivity index (χ2n) is 13.8. The summed E-state index contributed by atoms with van der Waals surface area (Å²) >= 11 is 0. The van der Waals surface area contributed by atoms with Gasteiger partial charge in [0.2, 0.25) is 11.9 Å². The molecule has 0 aliphatic carbocycles. The molecule has 2 aliphatic rings. The highest BCUT2D eigenvalue weighted by Crippen LogP contribution is 2.33. The Labute approximate surface area is 335 Å². The summed E-state index contributed by atoms with van der Waals surface area (Å²) in [4.78, 5) is 59.0. The van der Waals surface area contributed by atoms with Crippen LogP contribution in [-0.4, -0.2) is 90.7 Å². The molecule has 1 atom stereocenters. The van der Waals surface area contributed by atoms with Gasteiger partial charge in [-0.15, -0.1) is 0 Å². The van der Waals surface area contributed by atoms with Gasteiger partial charge in [-0.3, -0.25) is 34.0 Å². The highest BCUT2D eigenvalue weighted by Gasteiger charge is 2.44. The van der Waals surface area contributed by atoms with E-state index in [0.29, 0.717) is 55.3 Å². The smallest absolute Gasteiger partial charge is 0.416 e. The molecule has 59 heavy (non-hydrogen) atoms. The Morgan fingerprint density at radius 1 is 0.915 bits per heavy atom. The zero-order chi connectivity index (χ0) is 41.8. The number of alkyl halides is 3. The topological polar surface area (TPSA) is 144 Å². The van der Waals surface area contributed by atoms with Crippen LogP contribution in [0.15, 0.2) is 97.2 Å². The molecule has 13 nitrogen and oxygen atoms in total. The number of rotatable bonds is 15. The number of nitrogens with zero attached hydrogens (tertiary/aromatic N) is 4. The molecule has 7 rings (SSSR count). The number of allylic oxidation sites excluding steroid dienone is 1. The van der Waals surface area contributed by atoms with Gasteiger partial charge < -0.3 is 24.4 Å². The summed E-state index contributed by atoms with van der Waals surface area (Å²) in [7, 11) is 1.86. The fraction of sp³-hybridized carbons (Fsp3) is 0.262. The molecule has 0 spiro atoms. The zero-order valence-electron chi connectivity index (χ0n) is 31.7. The summed E-state index contributed by atoms with van der Waals surface area (Å²) in [6.07, 6.45) is -3.85. The molecule has 1 unspecified atom stereocenters. The minimum Gasteiger partial charge on any atom is -0.491 e. The standard InChI is InChI=1S/C42H38F4N6O7/c1-25-9-13-36(38(54)47-25)52-39(55)32-12-11-31(24-33(32)40(52)56)59-20-19-58-18-17-57-16-15-50(2)29-7-4-8-30(23-29)51-35-14-10-28(43)22-34(35)48-41(51)49-37(53)26-5-3-6-27(21-26)42(44,45)46/h3-8,10-12,14,21-24,36H,1,9,13,15-20H2,2H3,(H,47,54)(H,48,49,53). The lowest BCUT2D eigenvalue weighted by atomic mass is 10.0. The van der Waals surface area contributed by atoms with E-state index in [0.717, 1.165) is 28.8 Å². The Balaban J connectivity index is 0.881. The number of piperidine rings is 1. The number of nitrogens with one attached hydrogen (secondary N) is 2. The Morgan fingerprint density at radius 2 is 1.66 bits per heavy atom. The number of aromatic nitrogens is 2. The molecule has 306 valence electrons. The minimum atomic E-state index is -4.64. The van der Waals surface area contributed by atoms with E-state index in [2.05, 4.69) is 22.2 Å². The molecule has 0 radical (unpaired) electrons. The van der Waals surface area contributed by atoms with Gasteiger partial charge in [-0.05, 0) is 79.6 Å². The highest BCUT2D eigenvalue weighted by molar-refractivity contribution is 6.23. The van der Waals surface area contributed by atoms with Crippen molar-refractivity contribution in [3.8, 4) is 11.4 Å². The van der Waals surface area contributed by atoms with Gasteiger partial charge in [-0.1, -0.05) is 18.7 Å². The van der Waals surface area contributed by atoms with Crippen LogP contribution in [-0.2, 0) is 20.4 Å². The third-order valence-electron chi connectivity index (χ3n) is 9.79. The average molecular weight is 815 g/mol. The number of benzene rings is 4. The highest BCUT2D eigenvalue weighted by atomic mass is 19.4. The van der Waals surface area contributed by atoms with Crippen molar-refractivity contribution < 1.29 is 51.0 Å². The maximum Gasteiger partial charge on any atom is 0.416 e. The van der Waals surface area contributed by atoms with Crippen LogP contribution in [0, 0.1) is 5.82 Å². The van der Waals surface area contributed by atoms with Gasteiger partial charge in [0.05, 0.1) is 59.8 Å². The number of imidazole rings is 1. The van der Waals surface area contributed by atoms with E-state index in [9.17, 15) is 36.7 Å². The van der Waals surface area contributed by atoms with E-state index >= 15 is 0 Å². The van der Waals surface area contributed by atoms with Gasteiger partial charge in [0.1, 0.15) is 24.2 Å². The molecule has 1 aromatic heterocycles. The molecular formula is C42H38F4N6O7. The maximum absolute atomic E-state index is 14.2. The van der Waals surface area contributed by atoms with Crippen molar-refractivity contribution in [3.63, 3.8) is 0 Å². The normalized spacial score (nSPS) is 15.4. The Hall–Kier alpha value is -6.59. The average Bonchev–Trinajstić information content (AvgIpc) is 3.68. The first kappa shape index (κ1) is 40.6. The lowest BCUT2D eigenvalue weighted by Gasteiger charge is -2.29. The Kier molecular flexibility index (Phi) is 11.8. The first-order valence-electron chi connectivity index (χ1n) is 18.6. The monoisotopic (exact) mass is 814 g/mol. The van der Waals surface area contributed by atoms with Crippen molar-refractivity contribution in [1.29, 1.82) is 0 Å². The van der Waals surface area contributed by atoms with Crippen molar-refractivity contribution in [2.45, 2.75) is 25.1 Å². The third-order valence-corrected chi connectivity index (χ3v) is 9.79. The quantitative estimate of drug-likeness (QED) is 0.0700. The van der Waals surface area contributed by atoms with Gasteiger partial charge >= 0.3 is 6.18 Å². The summed E-state index contributed by atoms with van der Waals surface area (Å²) in [5.74, 6) is -2.50. The van der Waals surface area contributed by atoms with Crippen molar-refractivity contribution >= 4 is 46.3 Å². The number of likely N-dealkylation sites (N-methyl/N-ethyl adjacent to an activating group) is 1. The lowest BCUT2D eigenvalue weighted by Crippen LogP contribution is -2.51. The summed E-state index contributed by atoms with van der Waals surface area (Å²) in [5.41, 5.74) is 1.76. The third kappa shape index (κ3) is 8.95. The number of amides is 4. The number of ether oxygens (including phenoxy) is 3. The van der Waals surface area contributed by atoms with Crippen LogP contribution in [0.2, 0.25) is 0 Å². The summed E-state index contributed by atoms with van der Waals surface area (Å²) in [5, 5.41) is 5.20.